The zero-order chi connectivity index (χ0) is 12.1. The van der Waals surface area contributed by atoms with Crippen LogP contribution in [0, 0.1) is 0 Å². The van der Waals surface area contributed by atoms with Crippen LogP contribution in [-0.4, -0.2) is 24.5 Å². The number of nitrogens with one attached hydrogen (secondary N) is 1. The van der Waals surface area contributed by atoms with Crippen LogP contribution in [-0.2, 0) is 20.7 Å². The number of carbonyl (C=O) groups excluding carboxylic acids is 2. The maximum Gasteiger partial charge on any atom is 0.306 e. The Morgan fingerprint density at radius 1 is 1.18 bits per heavy atom. The Morgan fingerprint density at radius 2 is 1.94 bits per heavy atom. The van der Waals surface area contributed by atoms with E-state index in [9.17, 15) is 9.59 Å². The van der Waals surface area contributed by atoms with Crippen molar-refractivity contribution in [3.63, 3.8) is 0 Å². The average molecular weight is 233 g/mol. The van der Waals surface area contributed by atoms with E-state index >= 15 is 0 Å². The fourth-order valence-electron chi connectivity index (χ4n) is 1.83. The monoisotopic (exact) mass is 233 g/mol. The molecule has 4 heteroatoms. The Balaban J connectivity index is 1.98. The van der Waals surface area contributed by atoms with E-state index in [0.717, 1.165) is 5.56 Å². The molecule has 0 aliphatic carbocycles. The van der Waals surface area contributed by atoms with Crippen molar-refractivity contribution in [3.8, 4) is 0 Å². The van der Waals surface area contributed by atoms with Gasteiger partial charge in [-0.3, -0.25) is 9.59 Å². The number of carbonyl (C=O) groups is 2. The van der Waals surface area contributed by atoms with Crippen LogP contribution in [0.1, 0.15) is 18.4 Å². The second-order valence-electron chi connectivity index (χ2n) is 4.14. The van der Waals surface area contributed by atoms with E-state index in [0.29, 0.717) is 6.42 Å². The quantitative estimate of drug-likeness (QED) is 0.777. The van der Waals surface area contributed by atoms with E-state index in [1.54, 1.807) is 0 Å². The minimum absolute atomic E-state index is 0.0809. The first-order chi connectivity index (χ1) is 8.24. The fraction of sp³-hybridized carbons (Fsp3) is 0.385. The van der Waals surface area contributed by atoms with E-state index in [1.807, 2.05) is 30.3 Å². The molecule has 90 valence electrons. The Hall–Kier alpha value is -1.84. The van der Waals surface area contributed by atoms with Crippen molar-refractivity contribution < 1.29 is 14.3 Å². The van der Waals surface area contributed by atoms with Crippen molar-refractivity contribution in [3.05, 3.63) is 35.9 Å². The smallest absolute Gasteiger partial charge is 0.306 e. The van der Waals surface area contributed by atoms with Gasteiger partial charge < -0.3 is 10.1 Å². The molecule has 1 aliphatic rings. The fourth-order valence-corrected chi connectivity index (χ4v) is 1.83. The molecule has 4 nitrogen and oxygen atoms in total. The number of rotatable bonds is 2. The van der Waals surface area contributed by atoms with Crippen molar-refractivity contribution in [2.24, 2.45) is 0 Å². The molecule has 0 saturated carbocycles. The van der Waals surface area contributed by atoms with Crippen molar-refractivity contribution in [1.82, 2.24) is 5.32 Å². The second kappa shape index (κ2) is 5.48. The van der Waals surface area contributed by atoms with Gasteiger partial charge in [0.1, 0.15) is 6.61 Å². The van der Waals surface area contributed by atoms with Crippen LogP contribution in [0.2, 0.25) is 0 Å². The summed E-state index contributed by atoms with van der Waals surface area (Å²) in [5.74, 6) is -0.375. The van der Waals surface area contributed by atoms with E-state index < -0.39 is 0 Å². The van der Waals surface area contributed by atoms with Gasteiger partial charge >= 0.3 is 5.97 Å². The summed E-state index contributed by atoms with van der Waals surface area (Å²) >= 11 is 0. The summed E-state index contributed by atoms with van der Waals surface area (Å²) in [6.45, 7) is 0.249. The predicted molar refractivity (Wildman–Crippen MR) is 62.3 cm³/mol. The Kier molecular flexibility index (Phi) is 3.75. The lowest BCUT2D eigenvalue weighted by Crippen LogP contribution is -2.42. The molecule has 2 rings (SSSR count). The predicted octanol–water partition coefficient (Wildman–Crippen LogP) is 1.05. The molecule has 1 heterocycles. The van der Waals surface area contributed by atoms with Gasteiger partial charge in [0, 0.05) is 6.42 Å². The van der Waals surface area contributed by atoms with Crippen LogP contribution < -0.4 is 5.32 Å². The topological polar surface area (TPSA) is 55.4 Å². The van der Waals surface area contributed by atoms with Gasteiger partial charge in [-0.05, 0) is 12.0 Å². The molecule has 1 saturated heterocycles. The van der Waals surface area contributed by atoms with Crippen LogP contribution in [0.3, 0.4) is 0 Å². The van der Waals surface area contributed by atoms with Gasteiger partial charge in [0.15, 0.2) is 0 Å². The van der Waals surface area contributed by atoms with Crippen LogP contribution in [0.5, 0.6) is 0 Å². The molecular weight excluding hydrogens is 218 g/mol. The third-order valence-corrected chi connectivity index (χ3v) is 2.69. The molecule has 1 aromatic rings. The summed E-state index contributed by atoms with van der Waals surface area (Å²) in [5.41, 5.74) is 1.12. The molecule has 1 fully saturated rings. The SMILES string of the molecule is O=C1CCC(=O)OCC(Cc2ccccc2)N1. The highest BCUT2D eigenvalue weighted by molar-refractivity contribution is 5.82. The zero-order valence-corrected chi connectivity index (χ0v) is 9.52. The first-order valence-corrected chi connectivity index (χ1v) is 5.73. The van der Waals surface area contributed by atoms with Crippen molar-refractivity contribution in [2.45, 2.75) is 25.3 Å². The molecule has 1 amide bonds. The van der Waals surface area contributed by atoms with Gasteiger partial charge in [-0.25, -0.2) is 0 Å². The molecular formula is C13H15NO3. The molecule has 1 aliphatic heterocycles. The van der Waals surface area contributed by atoms with Gasteiger partial charge in [-0.1, -0.05) is 30.3 Å². The maximum absolute atomic E-state index is 11.5. The Morgan fingerprint density at radius 3 is 2.71 bits per heavy atom. The number of benzene rings is 1. The van der Waals surface area contributed by atoms with Crippen molar-refractivity contribution in [1.29, 1.82) is 0 Å². The molecule has 1 unspecified atom stereocenters. The first-order valence-electron chi connectivity index (χ1n) is 5.73. The van der Waals surface area contributed by atoms with Gasteiger partial charge in [0.05, 0.1) is 12.5 Å². The highest BCUT2D eigenvalue weighted by Gasteiger charge is 2.19. The molecule has 0 aromatic heterocycles. The summed E-state index contributed by atoms with van der Waals surface area (Å²) in [4.78, 5) is 22.6. The maximum atomic E-state index is 11.5. The third kappa shape index (κ3) is 3.59. The molecule has 0 radical (unpaired) electrons. The van der Waals surface area contributed by atoms with Gasteiger partial charge in [0.2, 0.25) is 5.91 Å². The number of amides is 1. The normalized spacial score (nSPS) is 21.1. The van der Waals surface area contributed by atoms with Crippen LogP contribution >= 0.6 is 0 Å². The minimum atomic E-state index is -0.294. The molecule has 0 bridgehead atoms. The largest absolute Gasteiger partial charge is 0.463 e. The summed E-state index contributed by atoms with van der Waals surface area (Å²) < 4.78 is 5.06. The van der Waals surface area contributed by atoms with Gasteiger partial charge in [0.25, 0.3) is 0 Å². The molecule has 0 spiro atoms. The Bertz CT molecular complexity index is 402. The van der Waals surface area contributed by atoms with Gasteiger partial charge in [-0.2, -0.15) is 0 Å². The molecule has 17 heavy (non-hydrogen) atoms. The number of cyclic esters (lactones) is 1. The highest BCUT2D eigenvalue weighted by Crippen LogP contribution is 2.07. The first kappa shape index (κ1) is 11.6. The van der Waals surface area contributed by atoms with Gasteiger partial charge in [-0.15, -0.1) is 0 Å². The second-order valence-corrected chi connectivity index (χ2v) is 4.14. The summed E-state index contributed by atoms with van der Waals surface area (Å²) in [5, 5.41) is 2.87. The van der Waals surface area contributed by atoms with Crippen molar-refractivity contribution >= 4 is 11.9 Å². The lowest BCUT2D eigenvalue weighted by atomic mass is 10.1. The standard InChI is InChI=1S/C13H15NO3/c15-12-6-7-13(16)17-9-11(14-12)8-10-4-2-1-3-5-10/h1-5,11H,6-9H2,(H,14,15). The number of ether oxygens (including phenoxy) is 1. The van der Waals surface area contributed by atoms with E-state index in [4.69, 9.17) is 4.74 Å². The van der Waals surface area contributed by atoms with Crippen molar-refractivity contribution in [2.75, 3.05) is 6.61 Å². The zero-order valence-electron chi connectivity index (χ0n) is 9.52. The summed E-state index contributed by atoms with van der Waals surface area (Å²) in [6, 6.07) is 9.70. The number of esters is 1. The van der Waals surface area contributed by atoms with Crippen LogP contribution in [0.15, 0.2) is 30.3 Å². The summed E-state index contributed by atoms with van der Waals surface area (Å²) in [6.07, 6.45) is 1.06. The average Bonchev–Trinajstić information content (AvgIpc) is 2.33. The molecule has 1 atom stereocenters. The van der Waals surface area contributed by atoms with Crippen LogP contribution in [0.25, 0.3) is 0 Å². The third-order valence-electron chi connectivity index (χ3n) is 2.69. The number of hydrogen-bond donors (Lipinski definition) is 1. The van der Waals surface area contributed by atoms with E-state index in [1.165, 1.54) is 0 Å². The summed E-state index contributed by atoms with van der Waals surface area (Å²) in [7, 11) is 0. The van der Waals surface area contributed by atoms with Crippen LogP contribution in [0.4, 0.5) is 0 Å². The lowest BCUT2D eigenvalue weighted by Gasteiger charge is -2.21. The lowest BCUT2D eigenvalue weighted by molar-refractivity contribution is -0.147. The van der Waals surface area contributed by atoms with E-state index in [2.05, 4.69) is 5.32 Å². The number of hydrogen-bond acceptors (Lipinski definition) is 3. The Labute approximate surface area is 100.0 Å². The highest BCUT2D eigenvalue weighted by atomic mass is 16.5. The molecule has 1 aromatic carbocycles. The molecule has 1 N–H and O–H groups in total. The van der Waals surface area contributed by atoms with E-state index in [-0.39, 0.29) is 37.4 Å². The minimum Gasteiger partial charge on any atom is -0.463 e.